The van der Waals surface area contributed by atoms with Gasteiger partial charge < -0.3 is 15.5 Å². The van der Waals surface area contributed by atoms with E-state index in [0.29, 0.717) is 0 Å². The highest BCUT2D eigenvalue weighted by atomic mass is 15.3. The van der Waals surface area contributed by atoms with Crippen LogP contribution in [0.3, 0.4) is 0 Å². The van der Waals surface area contributed by atoms with E-state index >= 15 is 0 Å². The Labute approximate surface area is 177 Å². The van der Waals surface area contributed by atoms with E-state index in [1.807, 2.05) is 7.05 Å². The van der Waals surface area contributed by atoms with Crippen molar-refractivity contribution in [3.05, 3.63) is 35.4 Å². The zero-order valence-corrected chi connectivity index (χ0v) is 18.5. The number of nitrogens with zero attached hydrogens (tertiary/aromatic N) is 4. The van der Waals surface area contributed by atoms with Gasteiger partial charge in [0, 0.05) is 59.4 Å². The number of piperazine rings is 1. The maximum Gasteiger partial charge on any atom is 0.191 e. The molecule has 0 radical (unpaired) electrons. The topological polar surface area (TPSA) is 46.1 Å². The van der Waals surface area contributed by atoms with Gasteiger partial charge in [-0.25, -0.2) is 0 Å². The van der Waals surface area contributed by atoms with Crippen molar-refractivity contribution in [2.24, 2.45) is 4.99 Å². The monoisotopic (exact) mass is 400 g/mol. The number of likely N-dealkylation sites (tertiary alicyclic amines) is 1. The Morgan fingerprint density at radius 3 is 2.14 bits per heavy atom. The molecule has 0 aromatic heterocycles. The van der Waals surface area contributed by atoms with Gasteiger partial charge in [-0.3, -0.25) is 14.8 Å². The van der Waals surface area contributed by atoms with E-state index in [1.54, 1.807) is 0 Å². The Kier molecular flexibility index (Phi) is 9.25. The lowest BCUT2D eigenvalue weighted by atomic mass is 10.1. The average Bonchev–Trinajstić information content (AvgIpc) is 2.78. The van der Waals surface area contributed by atoms with Crippen molar-refractivity contribution in [1.29, 1.82) is 0 Å². The third-order valence-electron chi connectivity index (χ3n) is 6.19. The zero-order valence-electron chi connectivity index (χ0n) is 18.5. The van der Waals surface area contributed by atoms with E-state index in [9.17, 15) is 0 Å². The summed E-state index contributed by atoms with van der Waals surface area (Å²) >= 11 is 0. The van der Waals surface area contributed by atoms with Crippen LogP contribution in [0.4, 0.5) is 0 Å². The number of guanidine groups is 1. The largest absolute Gasteiger partial charge is 0.355 e. The number of benzene rings is 1. The molecular formula is C23H40N6. The summed E-state index contributed by atoms with van der Waals surface area (Å²) in [6, 6.07) is 9.04. The highest BCUT2D eigenvalue weighted by molar-refractivity contribution is 5.79. The van der Waals surface area contributed by atoms with Gasteiger partial charge in [0.1, 0.15) is 0 Å². The summed E-state index contributed by atoms with van der Waals surface area (Å²) in [4.78, 5) is 12.0. The second-order valence-corrected chi connectivity index (χ2v) is 8.28. The van der Waals surface area contributed by atoms with Crippen LogP contribution in [0.2, 0.25) is 0 Å². The molecule has 2 heterocycles. The summed E-state index contributed by atoms with van der Waals surface area (Å²) in [7, 11) is 1.84. The number of piperidine rings is 1. The van der Waals surface area contributed by atoms with E-state index in [0.717, 1.165) is 32.1 Å². The maximum absolute atomic E-state index is 4.37. The summed E-state index contributed by atoms with van der Waals surface area (Å²) in [6.45, 7) is 14.5. The van der Waals surface area contributed by atoms with Crippen molar-refractivity contribution in [2.45, 2.75) is 39.3 Å². The average molecular weight is 401 g/mol. The summed E-state index contributed by atoms with van der Waals surface area (Å²) in [5, 5.41) is 6.90. The van der Waals surface area contributed by atoms with Crippen molar-refractivity contribution in [2.75, 3.05) is 66.0 Å². The molecule has 29 heavy (non-hydrogen) atoms. The second kappa shape index (κ2) is 12.2. The Hall–Kier alpha value is -1.63. The molecule has 2 aliphatic rings. The van der Waals surface area contributed by atoms with Crippen molar-refractivity contribution >= 4 is 5.96 Å². The van der Waals surface area contributed by atoms with Crippen molar-refractivity contribution < 1.29 is 0 Å². The lowest BCUT2D eigenvalue weighted by Gasteiger charge is -2.34. The number of likely N-dealkylation sites (N-methyl/N-ethyl adjacent to an activating group) is 1. The molecule has 2 fully saturated rings. The maximum atomic E-state index is 4.37. The number of nitrogens with one attached hydrogen (secondary N) is 2. The van der Waals surface area contributed by atoms with Gasteiger partial charge in [0.15, 0.2) is 5.96 Å². The molecule has 0 amide bonds. The van der Waals surface area contributed by atoms with Gasteiger partial charge in [-0.2, -0.15) is 0 Å². The van der Waals surface area contributed by atoms with Crippen LogP contribution >= 0.6 is 0 Å². The van der Waals surface area contributed by atoms with Gasteiger partial charge in [0.25, 0.3) is 0 Å². The highest BCUT2D eigenvalue weighted by Gasteiger charge is 2.14. The van der Waals surface area contributed by atoms with E-state index in [4.69, 9.17) is 0 Å². The molecule has 0 bridgehead atoms. The first-order chi connectivity index (χ1) is 14.3. The van der Waals surface area contributed by atoms with Crippen LogP contribution in [0.1, 0.15) is 37.3 Å². The normalized spacial score (nSPS) is 20.0. The van der Waals surface area contributed by atoms with Gasteiger partial charge in [-0.05, 0) is 43.6 Å². The fourth-order valence-electron chi connectivity index (χ4n) is 4.21. The Morgan fingerprint density at radius 1 is 0.828 bits per heavy atom. The molecule has 2 saturated heterocycles. The number of aliphatic imine (C=N–C) groups is 1. The quantitative estimate of drug-likeness (QED) is 0.516. The van der Waals surface area contributed by atoms with Crippen LogP contribution in [-0.2, 0) is 13.1 Å². The van der Waals surface area contributed by atoms with Crippen LogP contribution in [0, 0.1) is 0 Å². The molecule has 0 spiro atoms. The first kappa shape index (κ1) is 22.1. The first-order valence-corrected chi connectivity index (χ1v) is 11.5. The van der Waals surface area contributed by atoms with Gasteiger partial charge in [0.05, 0.1) is 0 Å². The molecule has 0 unspecified atom stereocenters. The molecule has 1 aromatic rings. The van der Waals surface area contributed by atoms with Crippen LogP contribution in [-0.4, -0.2) is 86.6 Å². The first-order valence-electron chi connectivity index (χ1n) is 11.5. The number of hydrogen-bond donors (Lipinski definition) is 2. The Morgan fingerprint density at radius 2 is 1.48 bits per heavy atom. The van der Waals surface area contributed by atoms with Crippen LogP contribution in [0.15, 0.2) is 29.3 Å². The van der Waals surface area contributed by atoms with Gasteiger partial charge in [0.2, 0.25) is 0 Å². The second-order valence-electron chi connectivity index (χ2n) is 8.28. The van der Waals surface area contributed by atoms with E-state index < -0.39 is 0 Å². The summed E-state index contributed by atoms with van der Waals surface area (Å²) in [6.07, 6.45) is 4.10. The minimum absolute atomic E-state index is 0.804. The standard InChI is InChI=1S/C23H40N6/c1-3-27-15-17-28(18-16-27)14-11-25-23(24-2)26-19-21-7-9-22(10-8-21)20-29-12-5-4-6-13-29/h7-10H,3-6,11-20H2,1-2H3,(H2,24,25,26). The summed E-state index contributed by atoms with van der Waals surface area (Å²) in [5.74, 6) is 0.884. The van der Waals surface area contributed by atoms with Gasteiger partial charge >= 0.3 is 0 Å². The zero-order chi connectivity index (χ0) is 20.3. The van der Waals surface area contributed by atoms with Crippen molar-refractivity contribution in [1.82, 2.24) is 25.3 Å². The van der Waals surface area contributed by atoms with Crippen LogP contribution < -0.4 is 10.6 Å². The van der Waals surface area contributed by atoms with Gasteiger partial charge in [-0.15, -0.1) is 0 Å². The fraction of sp³-hybridized carbons (Fsp3) is 0.696. The molecule has 6 nitrogen and oxygen atoms in total. The predicted molar refractivity (Wildman–Crippen MR) is 122 cm³/mol. The Bertz CT molecular complexity index is 600. The van der Waals surface area contributed by atoms with Crippen LogP contribution in [0.25, 0.3) is 0 Å². The van der Waals surface area contributed by atoms with E-state index in [-0.39, 0.29) is 0 Å². The predicted octanol–water partition coefficient (Wildman–Crippen LogP) is 1.98. The third-order valence-corrected chi connectivity index (χ3v) is 6.19. The summed E-state index contributed by atoms with van der Waals surface area (Å²) in [5.41, 5.74) is 2.72. The molecule has 162 valence electrons. The minimum atomic E-state index is 0.804. The van der Waals surface area contributed by atoms with E-state index in [1.165, 1.54) is 76.2 Å². The smallest absolute Gasteiger partial charge is 0.191 e. The van der Waals surface area contributed by atoms with Crippen molar-refractivity contribution in [3.63, 3.8) is 0 Å². The van der Waals surface area contributed by atoms with Crippen molar-refractivity contribution in [3.8, 4) is 0 Å². The molecule has 2 N–H and O–H groups in total. The SMILES string of the molecule is CCN1CCN(CCNC(=NC)NCc2ccc(CN3CCCCC3)cc2)CC1. The summed E-state index contributed by atoms with van der Waals surface area (Å²) < 4.78 is 0. The number of hydrogen-bond acceptors (Lipinski definition) is 4. The number of rotatable bonds is 8. The lowest BCUT2D eigenvalue weighted by molar-refractivity contribution is 0.139. The van der Waals surface area contributed by atoms with Crippen LogP contribution in [0.5, 0.6) is 0 Å². The molecule has 2 aliphatic heterocycles. The van der Waals surface area contributed by atoms with Gasteiger partial charge in [-0.1, -0.05) is 37.6 Å². The molecule has 6 heteroatoms. The third kappa shape index (κ3) is 7.61. The molecule has 1 aromatic carbocycles. The molecule has 0 atom stereocenters. The fourth-order valence-corrected chi connectivity index (χ4v) is 4.21. The molecular weight excluding hydrogens is 360 g/mol. The Balaban J connectivity index is 1.33. The molecule has 3 rings (SSSR count). The minimum Gasteiger partial charge on any atom is -0.355 e. The van der Waals surface area contributed by atoms with E-state index in [2.05, 4.69) is 61.5 Å². The highest BCUT2D eigenvalue weighted by Crippen LogP contribution is 2.13. The lowest BCUT2D eigenvalue weighted by Crippen LogP contribution is -2.49. The molecule has 0 aliphatic carbocycles. The molecule has 0 saturated carbocycles.